The lowest BCUT2D eigenvalue weighted by Gasteiger charge is -2.24. The first-order valence-corrected chi connectivity index (χ1v) is 6.28. The molecule has 0 radical (unpaired) electrons. The SMILES string of the molecule is C1COC(CNC2CCC[C@H]3C[C@@H]23)C1. The smallest absolute Gasteiger partial charge is 0.0700 e. The van der Waals surface area contributed by atoms with E-state index in [4.69, 9.17) is 4.74 Å². The van der Waals surface area contributed by atoms with Crippen molar-refractivity contribution in [1.29, 1.82) is 0 Å². The van der Waals surface area contributed by atoms with Crippen LogP contribution in [0.5, 0.6) is 0 Å². The van der Waals surface area contributed by atoms with Gasteiger partial charge < -0.3 is 10.1 Å². The molecule has 0 amide bonds. The van der Waals surface area contributed by atoms with Crippen molar-refractivity contribution < 1.29 is 4.74 Å². The summed E-state index contributed by atoms with van der Waals surface area (Å²) in [6.45, 7) is 2.09. The lowest BCUT2D eigenvalue weighted by atomic mass is 9.95. The summed E-state index contributed by atoms with van der Waals surface area (Å²) in [5, 5.41) is 3.73. The molecule has 1 aliphatic heterocycles. The Labute approximate surface area is 86.4 Å². The van der Waals surface area contributed by atoms with E-state index in [1.165, 1.54) is 38.5 Å². The Morgan fingerprint density at radius 1 is 1.14 bits per heavy atom. The van der Waals surface area contributed by atoms with Crippen molar-refractivity contribution in [1.82, 2.24) is 5.32 Å². The van der Waals surface area contributed by atoms with Gasteiger partial charge in [0.15, 0.2) is 0 Å². The van der Waals surface area contributed by atoms with Gasteiger partial charge in [-0.25, -0.2) is 0 Å². The summed E-state index contributed by atoms with van der Waals surface area (Å²) in [6, 6.07) is 0.831. The maximum Gasteiger partial charge on any atom is 0.0700 e. The highest BCUT2D eigenvalue weighted by molar-refractivity contribution is 4.98. The molecule has 2 unspecified atom stereocenters. The fourth-order valence-electron chi connectivity index (χ4n) is 3.25. The van der Waals surface area contributed by atoms with Crippen LogP contribution >= 0.6 is 0 Å². The van der Waals surface area contributed by atoms with Crippen LogP contribution in [0.4, 0.5) is 0 Å². The molecular weight excluding hydrogens is 174 g/mol. The molecule has 1 N–H and O–H groups in total. The summed E-state index contributed by atoms with van der Waals surface area (Å²) in [4.78, 5) is 0. The highest BCUT2D eigenvalue weighted by Gasteiger charge is 2.44. The molecule has 1 heterocycles. The Kier molecular flexibility index (Phi) is 2.50. The molecular formula is C12H21NO. The average molecular weight is 195 g/mol. The van der Waals surface area contributed by atoms with E-state index in [1.54, 1.807) is 0 Å². The van der Waals surface area contributed by atoms with E-state index in [-0.39, 0.29) is 0 Å². The lowest BCUT2D eigenvalue weighted by molar-refractivity contribution is 0.105. The minimum absolute atomic E-state index is 0.522. The summed E-state index contributed by atoms with van der Waals surface area (Å²) in [6.07, 6.45) is 8.93. The number of rotatable bonds is 3. The largest absolute Gasteiger partial charge is 0.377 e. The van der Waals surface area contributed by atoms with Crippen molar-refractivity contribution in [2.24, 2.45) is 11.8 Å². The summed E-state index contributed by atoms with van der Waals surface area (Å²) in [5.74, 6) is 2.12. The summed E-state index contributed by atoms with van der Waals surface area (Å²) < 4.78 is 5.63. The first kappa shape index (κ1) is 9.17. The van der Waals surface area contributed by atoms with Crippen LogP contribution in [-0.4, -0.2) is 25.3 Å². The number of nitrogens with one attached hydrogen (secondary N) is 1. The van der Waals surface area contributed by atoms with Crippen LogP contribution in [0.1, 0.15) is 38.5 Å². The molecule has 1 saturated heterocycles. The van der Waals surface area contributed by atoms with Crippen molar-refractivity contribution in [2.75, 3.05) is 13.2 Å². The standard InChI is InChI=1S/C12H21NO/c1-3-9-7-11(9)12(5-1)13-8-10-4-2-6-14-10/h9-13H,1-8H2/t9-,10?,11+,12?/m0/s1. The molecule has 0 bridgehead atoms. The molecule has 0 aromatic rings. The monoisotopic (exact) mass is 195 g/mol. The zero-order valence-electron chi connectivity index (χ0n) is 8.87. The molecule has 14 heavy (non-hydrogen) atoms. The lowest BCUT2D eigenvalue weighted by Crippen LogP contribution is -2.38. The van der Waals surface area contributed by atoms with Gasteiger partial charge in [0.05, 0.1) is 6.10 Å². The zero-order chi connectivity index (χ0) is 9.38. The van der Waals surface area contributed by atoms with E-state index < -0.39 is 0 Å². The highest BCUT2D eigenvalue weighted by Crippen LogP contribution is 2.49. The third kappa shape index (κ3) is 1.82. The van der Waals surface area contributed by atoms with E-state index >= 15 is 0 Å². The number of ether oxygens (including phenoxy) is 1. The van der Waals surface area contributed by atoms with Gasteiger partial charge in [0, 0.05) is 19.2 Å². The highest BCUT2D eigenvalue weighted by atomic mass is 16.5. The topological polar surface area (TPSA) is 21.3 Å². The van der Waals surface area contributed by atoms with Crippen molar-refractivity contribution in [3.05, 3.63) is 0 Å². The Balaban J connectivity index is 1.43. The van der Waals surface area contributed by atoms with Crippen molar-refractivity contribution in [3.8, 4) is 0 Å². The molecule has 2 heteroatoms. The normalized spacial score (nSPS) is 46.3. The number of fused-ring (bicyclic) bond motifs is 1. The second-order valence-electron chi connectivity index (χ2n) is 5.24. The molecule has 3 aliphatic rings. The van der Waals surface area contributed by atoms with Crippen LogP contribution in [0.2, 0.25) is 0 Å². The molecule has 0 spiro atoms. The molecule has 2 nitrogen and oxygen atoms in total. The fourth-order valence-corrected chi connectivity index (χ4v) is 3.25. The second kappa shape index (κ2) is 3.82. The maximum absolute atomic E-state index is 5.63. The van der Waals surface area contributed by atoms with Gasteiger partial charge in [0.25, 0.3) is 0 Å². The van der Waals surface area contributed by atoms with E-state index in [2.05, 4.69) is 5.32 Å². The van der Waals surface area contributed by atoms with Crippen LogP contribution in [-0.2, 0) is 4.74 Å². The van der Waals surface area contributed by atoms with Crippen LogP contribution < -0.4 is 5.32 Å². The van der Waals surface area contributed by atoms with Gasteiger partial charge in [-0.1, -0.05) is 12.8 Å². The first-order chi connectivity index (χ1) is 6.93. The maximum atomic E-state index is 5.63. The minimum Gasteiger partial charge on any atom is -0.377 e. The minimum atomic E-state index is 0.522. The molecule has 80 valence electrons. The van der Waals surface area contributed by atoms with Crippen molar-refractivity contribution >= 4 is 0 Å². The quantitative estimate of drug-likeness (QED) is 0.743. The van der Waals surface area contributed by atoms with E-state index in [0.717, 1.165) is 31.0 Å². The summed E-state index contributed by atoms with van der Waals surface area (Å²) >= 11 is 0. The predicted molar refractivity (Wildman–Crippen MR) is 56.2 cm³/mol. The Hall–Kier alpha value is -0.0800. The van der Waals surface area contributed by atoms with Crippen LogP contribution in [0, 0.1) is 11.8 Å². The molecule has 4 atom stereocenters. The van der Waals surface area contributed by atoms with Crippen LogP contribution in [0.25, 0.3) is 0 Å². The Bertz CT molecular complexity index is 200. The fraction of sp³-hybridized carbons (Fsp3) is 1.00. The zero-order valence-corrected chi connectivity index (χ0v) is 8.87. The van der Waals surface area contributed by atoms with E-state index in [1.807, 2.05) is 0 Å². The van der Waals surface area contributed by atoms with Crippen molar-refractivity contribution in [2.45, 2.75) is 50.7 Å². The molecule has 0 aromatic heterocycles. The number of hydrogen-bond acceptors (Lipinski definition) is 2. The molecule has 2 saturated carbocycles. The number of hydrogen-bond donors (Lipinski definition) is 1. The molecule has 2 aliphatic carbocycles. The third-order valence-corrected chi connectivity index (χ3v) is 4.22. The van der Waals surface area contributed by atoms with Gasteiger partial charge in [-0.05, 0) is 37.5 Å². The summed E-state index contributed by atoms with van der Waals surface area (Å²) in [7, 11) is 0. The summed E-state index contributed by atoms with van der Waals surface area (Å²) in [5.41, 5.74) is 0. The van der Waals surface area contributed by atoms with Crippen LogP contribution in [0.3, 0.4) is 0 Å². The van der Waals surface area contributed by atoms with Crippen molar-refractivity contribution in [3.63, 3.8) is 0 Å². The molecule has 3 fully saturated rings. The predicted octanol–water partition coefficient (Wildman–Crippen LogP) is 1.94. The van der Waals surface area contributed by atoms with Crippen LogP contribution in [0.15, 0.2) is 0 Å². The Morgan fingerprint density at radius 3 is 3.00 bits per heavy atom. The Morgan fingerprint density at radius 2 is 2.14 bits per heavy atom. The molecule has 0 aromatic carbocycles. The van der Waals surface area contributed by atoms with E-state index in [0.29, 0.717) is 6.10 Å². The van der Waals surface area contributed by atoms with Gasteiger partial charge >= 0.3 is 0 Å². The average Bonchev–Trinajstić information content (AvgIpc) is 2.83. The second-order valence-corrected chi connectivity index (χ2v) is 5.24. The first-order valence-electron chi connectivity index (χ1n) is 6.28. The third-order valence-electron chi connectivity index (χ3n) is 4.22. The van der Waals surface area contributed by atoms with Gasteiger partial charge in [-0.15, -0.1) is 0 Å². The van der Waals surface area contributed by atoms with E-state index in [9.17, 15) is 0 Å². The van der Waals surface area contributed by atoms with Gasteiger partial charge in [-0.3, -0.25) is 0 Å². The van der Waals surface area contributed by atoms with Gasteiger partial charge in [0.2, 0.25) is 0 Å². The van der Waals surface area contributed by atoms with Gasteiger partial charge in [0.1, 0.15) is 0 Å². The molecule has 3 rings (SSSR count). The van der Waals surface area contributed by atoms with Gasteiger partial charge in [-0.2, -0.15) is 0 Å².